The average Bonchev–Trinajstić information content (AvgIpc) is 2.48. The summed E-state index contributed by atoms with van der Waals surface area (Å²) in [6.45, 7) is 5.02. The summed E-state index contributed by atoms with van der Waals surface area (Å²) in [5.41, 5.74) is 10.7. The second-order valence-corrected chi connectivity index (χ2v) is 5.93. The van der Waals surface area contributed by atoms with Crippen LogP contribution in [0, 0.1) is 6.92 Å². The lowest BCUT2D eigenvalue weighted by Gasteiger charge is -2.28. The minimum absolute atomic E-state index is 0.267. The zero-order chi connectivity index (χ0) is 15.4. The molecule has 0 radical (unpaired) electrons. The first-order chi connectivity index (χ1) is 10.0. The Kier molecular flexibility index (Phi) is 5.27. The third-order valence-electron chi connectivity index (χ3n) is 4.06. The Morgan fingerprint density at radius 1 is 1.19 bits per heavy atom. The largest absolute Gasteiger partial charge is 0.368 e. The van der Waals surface area contributed by atoms with Gasteiger partial charge in [0.25, 0.3) is 0 Å². The van der Waals surface area contributed by atoms with Gasteiger partial charge in [-0.2, -0.15) is 0 Å². The highest BCUT2D eigenvalue weighted by Gasteiger charge is 2.13. The number of nitrogens with two attached hydrogens (primary N) is 1. The molecule has 0 aromatic heterocycles. The van der Waals surface area contributed by atoms with E-state index < -0.39 is 0 Å². The molecule has 0 amide bonds. The van der Waals surface area contributed by atoms with E-state index >= 15 is 0 Å². The van der Waals surface area contributed by atoms with E-state index in [-0.39, 0.29) is 6.04 Å². The summed E-state index contributed by atoms with van der Waals surface area (Å²) in [6.07, 6.45) is 0.930. The van der Waals surface area contributed by atoms with Gasteiger partial charge in [-0.15, -0.1) is 0 Å². The Morgan fingerprint density at radius 3 is 2.57 bits per heavy atom. The normalized spacial score (nSPS) is 12.2. The quantitative estimate of drug-likeness (QED) is 0.890. The van der Waals surface area contributed by atoms with Gasteiger partial charge in [0.05, 0.1) is 6.04 Å². The Balaban J connectivity index is 2.23. The monoisotopic (exact) mass is 302 g/mol. The minimum atomic E-state index is 0.267. The fraction of sp³-hybridized carbons (Fsp3) is 0.333. The van der Waals surface area contributed by atoms with Gasteiger partial charge >= 0.3 is 0 Å². The number of nitrogens with zero attached hydrogens (tertiary/aromatic N) is 1. The first kappa shape index (κ1) is 15.9. The van der Waals surface area contributed by atoms with Gasteiger partial charge in [0, 0.05) is 17.8 Å². The molecule has 0 saturated carbocycles. The maximum atomic E-state index is 6.09. The molecule has 0 heterocycles. The lowest BCUT2D eigenvalue weighted by atomic mass is 10.0. The van der Waals surface area contributed by atoms with Crippen LogP contribution in [0.1, 0.15) is 29.7 Å². The SMILES string of the molecule is Cc1cc(N(C)C(C)c2cccc(Cl)c2)ccc1CCN. The molecule has 0 bridgehead atoms. The van der Waals surface area contributed by atoms with Gasteiger partial charge in [0.1, 0.15) is 0 Å². The molecule has 2 aromatic carbocycles. The van der Waals surface area contributed by atoms with Crippen molar-refractivity contribution in [3.63, 3.8) is 0 Å². The Morgan fingerprint density at radius 2 is 1.95 bits per heavy atom. The molecule has 2 aromatic rings. The van der Waals surface area contributed by atoms with E-state index in [1.165, 1.54) is 22.4 Å². The molecule has 0 aliphatic carbocycles. The molecule has 1 unspecified atom stereocenters. The summed E-state index contributed by atoms with van der Waals surface area (Å²) in [6, 6.07) is 14.9. The fourth-order valence-electron chi connectivity index (χ4n) is 2.55. The smallest absolute Gasteiger partial charge is 0.0511 e. The van der Waals surface area contributed by atoms with E-state index in [2.05, 4.69) is 50.1 Å². The molecule has 2 N–H and O–H groups in total. The summed E-state index contributed by atoms with van der Waals surface area (Å²) in [5, 5.41) is 0.780. The zero-order valence-electron chi connectivity index (χ0n) is 12.9. The van der Waals surface area contributed by atoms with Crippen LogP contribution in [0.5, 0.6) is 0 Å². The van der Waals surface area contributed by atoms with Crippen molar-refractivity contribution in [2.24, 2.45) is 5.73 Å². The van der Waals surface area contributed by atoms with Crippen LogP contribution < -0.4 is 10.6 Å². The van der Waals surface area contributed by atoms with Gasteiger partial charge in [-0.1, -0.05) is 29.8 Å². The number of anilines is 1. The van der Waals surface area contributed by atoms with Crippen LogP contribution in [0.3, 0.4) is 0 Å². The lowest BCUT2D eigenvalue weighted by Crippen LogP contribution is -2.21. The van der Waals surface area contributed by atoms with Gasteiger partial charge in [0.2, 0.25) is 0 Å². The van der Waals surface area contributed by atoms with Crippen molar-refractivity contribution in [3.05, 3.63) is 64.2 Å². The van der Waals surface area contributed by atoms with Crippen LogP contribution in [0.2, 0.25) is 5.02 Å². The van der Waals surface area contributed by atoms with Crippen molar-refractivity contribution in [2.75, 3.05) is 18.5 Å². The van der Waals surface area contributed by atoms with Crippen molar-refractivity contribution < 1.29 is 0 Å². The number of hydrogen-bond donors (Lipinski definition) is 1. The molecule has 2 rings (SSSR count). The molecule has 0 aliphatic heterocycles. The van der Waals surface area contributed by atoms with Crippen LogP contribution in [0.15, 0.2) is 42.5 Å². The summed E-state index contributed by atoms with van der Waals surface area (Å²) >= 11 is 6.09. The van der Waals surface area contributed by atoms with Crippen LogP contribution in [0.25, 0.3) is 0 Å². The maximum Gasteiger partial charge on any atom is 0.0511 e. The molecule has 0 spiro atoms. The lowest BCUT2D eigenvalue weighted by molar-refractivity contribution is 0.739. The van der Waals surface area contributed by atoms with Crippen LogP contribution in [-0.4, -0.2) is 13.6 Å². The Hall–Kier alpha value is -1.51. The molecule has 0 fully saturated rings. The minimum Gasteiger partial charge on any atom is -0.368 e. The van der Waals surface area contributed by atoms with E-state index in [1.54, 1.807) is 0 Å². The molecular formula is C18H23ClN2. The van der Waals surface area contributed by atoms with Crippen LogP contribution >= 0.6 is 11.6 Å². The zero-order valence-corrected chi connectivity index (χ0v) is 13.7. The van der Waals surface area contributed by atoms with Gasteiger partial charge in [-0.25, -0.2) is 0 Å². The molecule has 0 saturated heterocycles. The van der Waals surface area contributed by atoms with Crippen molar-refractivity contribution in [3.8, 4) is 0 Å². The van der Waals surface area contributed by atoms with Gasteiger partial charge < -0.3 is 10.6 Å². The first-order valence-corrected chi connectivity index (χ1v) is 7.68. The summed E-state index contributed by atoms with van der Waals surface area (Å²) in [5.74, 6) is 0. The summed E-state index contributed by atoms with van der Waals surface area (Å²) in [4.78, 5) is 2.27. The van der Waals surface area contributed by atoms with Crippen molar-refractivity contribution in [1.82, 2.24) is 0 Å². The molecule has 3 heteroatoms. The van der Waals surface area contributed by atoms with E-state index in [9.17, 15) is 0 Å². The predicted octanol–water partition coefficient (Wildman–Crippen LogP) is 4.35. The van der Waals surface area contributed by atoms with Gasteiger partial charge in [0.15, 0.2) is 0 Å². The predicted molar refractivity (Wildman–Crippen MR) is 92.2 cm³/mol. The molecule has 1 atom stereocenters. The van der Waals surface area contributed by atoms with E-state index in [0.717, 1.165) is 11.4 Å². The maximum absolute atomic E-state index is 6.09. The number of hydrogen-bond acceptors (Lipinski definition) is 2. The highest BCUT2D eigenvalue weighted by molar-refractivity contribution is 6.30. The number of halogens is 1. The third kappa shape index (κ3) is 3.78. The standard InChI is InChI=1S/C18H23ClN2/c1-13-11-18(8-7-15(13)9-10-20)21(3)14(2)16-5-4-6-17(19)12-16/h4-8,11-12,14H,9-10,20H2,1-3H3. The highest BCUT2D eigenvalue weighted by Crippen LogP contribution is 2.28. The van der Waals surface area contributed by atoms with E-state index in [1.807, 2.05) is 18.2 Å². The highest BCUT2D eigenvalue weighted by atomic mass is 35.5. The third-order valence-corrected chi connectivity index (χ3v) is 4.29. The van der Waals surface area contributed by atoms with E-state index in [4.69, 9.17) is 17.3 Å². The second-order valence-electron chi connectivity index (χ2n) is 5.49. The Labute approximate surface area is 132 Å². The van der Waals surface area contributed by atoms with Crippen LogP contribution in [-0.2, 0) is 6.42 Å². The summed E-state index contributed by atoms with van der Waals surface area (Å²) < 4.78 is 0. The molecule has 21 heavy (non-hydrogen) atoms. The van der Waals surface area contributed by atoms with Gasteiger partial charge in [-0.05, 0) is 67.8 Å². The summed E-state index contributed by atoms with van der Waals surface area (Å²) in [7, 11) is 2.11. The number of rotatable bonds is 5. The van der Waals surface area contributed by atoms with Crippen molar-refractivity contribution >= 4 is 17.3 Å². The molecular weight excluding hydrogens is 280 g/mol. The van der Waals surface area contributed by atoms with Crippen molar-refractivity contribution in [2.45, 2.75) is 26.3 Å². The topological polar surface area (TPSA) is 29.3 Å². The number of aryl methyl sites for hydroxylation is 1. The molecule has 2 nitrogen and oxygen atoms in total. The van der Waals surface area contributed by atoms with Crippen LogP contribution in [0.4, 0.5) is 5.69 Å². The average molecular weight is 303 g/mol. The number of benzene rings is 2. The second kappa shape index (κ2) is 6.97. The Bertz CT molecular complexity index is 610. The fourth-order valence-corrected chi connectivity index (χ4v) is 2.75. The van der Waals surface area contributed by atoms with E-state index in [0.29, 0.717) is 6.54 Å². The molecule has 0 aliphatic rings. The van der Waals surface area contributed by atoms with Crippen molar-refractivity contribution in [1.29, 1.82) is 0 Å². The first-order valence-electron chi connectivity index (χ1n) is 7.31. The van der Waals surface area contributed by atoms with Gasteiger partial charge in [-0.3, -0.25) is 0 Å². The molecule has 112 valence electrons.